The zero-order valence-electron chi connectivity index (χ0n) is 16.4. The number of hydrogen-bond acceptors (Lipinski definition) is 6. The van der Waals surface area contributed by atoms with Gasteiger partial charge in [0.15, 0.2) is 0 Å². The highest BCUT2D eigenvalue weighted by Crippen LogP contribution is 2.52. The first kappa shape index (κ1) is 20.3. The van der Waals surface area contributed by atoms with E-state index in [1.54, 1.807) is 38.3 Å². The van der Waals surface area contributed by atoms with Crippen LogP contribution in [-0.2, 0) is 29.3 Å². The van der Waals surface area contributed by atoms with Crippen LogP contribution in [0.3, 0.4) is 0 Å². The second kappa shape index (κ2) is 7.18. The van der Waals surface area contributed by atoms with Gasteiger partial charge in [-0.25, -0.2) is 0 Å². The number of nitrogens with one attached hydrogen (secondary N) is 2. The highest BCUT2D eigenvalue weighted by molar-refractivity contribution is 6.11. The largest absolute Gasteiger partial charge is 0.480 e. The Morgan fingerprint density at radius 1 is 1.29 bits per heavy atom. The van der Waals surface area contributed by atoms with Crippen molar-refractivity contribution in [1.29, 1.82) is 0 Å². The van der Waals surface area contributed by atoms with E-state index >= 15 is 0 Å². The van der Waals surface area contributed by atoms with Crippen molar-refractivity contribution in [2.75, 3.05) is 19.0 Å². The summed E-state index contributed by atoms with van der Waals surface area (Å²) in [5, 5.41) is 15.7. The fraction of sp³-hybridized carbons (Fsp3) is 0.550. The highest BCUT2D eigenvalue weighted by Gasteiger charge is 2.68. The van der Waals surface area contributed by atoms with Crippen molar-refractivity contribution in [3.63, 3.8) is 0 Å². The van der Waals surface area contributed by atoms with Crippen LogP contribution >= 0.6 is 0 Å². The van der Waals surface area contributed by atoms with Crippen molar-refractivity contribution in [2.24, 2.45) is 5.92 Å². The summed E-state index contributed by atoms with van der Waals surface area (Å²) < 4.78 is 10.7. The van der Waals surface area contributed by atoms with Gasteiger partial charge in [0.05, 0.1) is 12.2 Å². The van der Waals surface area contributed by atoms with E-state index in [0.29, 0.717) is 17.7 Å². The molecule has 2 aliphatic rings. The van der Waals surface area contributed by atoms with Crippen LogP contribution in [0.15, 0.2) is 24.3 Å². The maximum absolute atomic E-state index is 13.3. The minimum absolute atomic E-state index is 0.0925. The molecule has 1 spiro atoms. The summed E-state index contributed by atoms with van der Waals surface area (Å²) >= 11 is 0. The molecule has 0 unspecified atom stereocenters. The zero-order chi connectivity index (χ0) is 20.7. The number of carbonyl (C=O) groups is 3. The summed E-state index contributed by atoms with van der Waals surface area (Å²) in [6.07, 6.45) is 0.324. The maximum atomic E-state index is 13.3. The lowest BCUT2D eigenvalue weighted by Gasteiger charge is -2.36. The number of carbonyl (C=O) groups excluding carboxylic acids is 2. The molecule has 3 rings (SSSR count). The lowest BCUT2D eigenvalue weighted by Crippen LogP contribution is -2.53. The van der Waals surface area contributed by atoms with Gasteiger partial charge in [0, 0.05) is 18.8 Å². The van der Waals surface area contributed by atoms with E-state index in [0.717, 1.165) is 0 Å². The van der Waals surface area contributed by atoms with Crippen LogP contribution in [0.2, 0.25) is 0 Å². The number of aliphatic carboxylic acids is 1. The third kappa shape index (κ3) is 2.97. The molecule has 8 nitrogen and oxygen atoms in total. The number of fused-ring (bicyclic) bond motifs is 2. The highest BCUT2D eigenvalue weighted by atomic mass is 16.5. The van der Waals surface area contributed by atoms with Crippen LogP contribution < -0.4 is 10.6 Å². The number of benzene rings is 1. The molecule has 1 fully saturated rings. The molecular formula is C20H26N2O6. The lowest BCUT2D eigenvalue weighted by molar-refractivity contribution is -0.157. The second-order valence-corrected chi connectivity index (χ2v) is 7.80. The average molecular weight is 390 g/mol. The number of anilines is 1. The van der Waals surface area contributed by atoms with Gasteiger partial charge in [-0.1, -0.05) is 18.2 Å². The molecule has 8 heteroatoms. The monoisotopic (exact) mass is 390 g/mol. The number of ether oxygens (including phenoxy) is 2. The smallest absolute Gasteiger partial charge is 0.321 e. The number of amides is 1. The minimum atomic E-state index is -1.40. The lowest BCUT2D eigenvalue weighted by atomic mass is 9.65. The summed E-state index contributed by atoms with van der Waals surface area (Å²) in [5.41, 5.74) is -0.863. The van der Waals surface area contributed by atoms with Crippen LogP contribution in [0.25, 0.3) is 0 Å². The quantitative estimate of drug-likeness (QED) is 0.627. The molecule has 2 heterocycles. The summed E-state index contributed by atoms with van der Waals surface area (Å²) in [6.45, 7) is 5.45. The molecule has 0 bridgehead atoms. The topological polar surface area (TPSA) is 114 Å². The fourth-order valence-electron chi connectivity index (χ4n) is 4.44. The van der Waals surface area contributed by atoms with E-state index in [1.165, 1.54) is 0 Å². The Morgan fingerprint density at radius 2 is 1.96 bits per heavy atom. The minimum Gasteiger partial charge on any atom is -0.480 e. The van der Waals surface area contributed by atoms with Gasteiger partial charge in [-0.3, -0.25) is 19.7 Å². The van der Waals surface area contributed by atoms with E-state index in [4.69, 9.17) is 9.47 Å². The molecule has 4 atom stereocenters. The standard InChI is InChI=1S/C20H26N2O6/c1-5-28-17(25)14-15(16(23)24)22-13(10-19(2,3)27-4)20(14)11-8-6-7-9-12(11)21-18(20)26/h6-9,13-15,22H,5,10H2,1-4H3,(H,21,26)(H,23,24)/t13-,14+,15+,20-/m0/s1. The third-order valence-electron chi connectivity index (χ3n) is 5.81. The Balaban J connectivity index is 2.22. The summed E-state index contributed by atoms with van der Waals surface area (Å²) in [7, 11) is 1.56. The average Bonchev–Trinajstić information content (AvgIpc) is 3.12. The Morgan fingerprint density at radius 3 is 2.57 bits per heavy atom. The number of hydrogen-bond donors (Lipinski definition) is 3. The Labute approximate surface area is 163 Å². The van der Waals surface area contributed by atoms with Gasteiger partial charge < -0.3 is 19.9 Å². The molecule has 0 aliphatic carbocycles. The van der Waals surface area contributed by atoms with Gasteiger partial charge in [-0.2, -0.15) is 0 Å². The Bertz CT molecular complexity index is 808. The Hall–Kier alpha value is -2.45. The first-order valence-corrected chi connectivity index (χ1v) is 9.30. The van der Waals surface area contributed by atoms with Crippen molar-refractivity contribution in [1.82, 2.24) is 5.32 Å². The molecule has 152 valence electrons. The summed E-state index contributed by atoms with van der Waals surface area (Å²) in [5.74, 6) is -3.51. The number of para-hydroxylation sites is 1. The molecule has 1 aromatic rings. The van der Waals surface area contributed by atoms with E-state index in [-0.39, 0.29) is 6.61 Å². The van der Waals surface area contributed by atoms with Crippen molar-refractivity contribution >= 4 is 23.5 Å². The predicted molar refractivity (Wildman–Crippen MR) is 101 cm³/mol. The van der Waals surface area contributed by atoms with Gasteiger partial charge in [0.25, 0.3) is 0 Å². The molecule has 3 N–H and O–H groups in total. The van der Waals surface area contributed by atoms with Crippen LogP contribution in [0.4, 0.5) is 5.69 Å². The maximum Gasteiger partial charge on any atom is 0.321 e. The number of carboxylic acids is 1. The molecule has 0 aromatic heterocycles. The van der Waals surface area contributed by atoms with Gasteiger partial charge in [0.2, 0.25) is 5.91 Å². The first-order chi connectivity index (χ1) is 13.2. The van der Waals surface area contributed by atoms with Crippen LogP contribution in [-0.4, -0.2) is 54.4 Å². The fourth-order valence-corrected chi connectivity index (χ4v) is 4.44. The van der Waals surface area contributed by atoms with Gasteiger partial charge >= 0.3 is 11.9 Å². The molecular weight excluding hydrogens is 364 g/mol. The number of carboxylic acid groups (broad SMARTS) is 1. The molecule has 1 saturated heterocycles. The predicted octanol–water partition coefficient (Wildman–Crippen LogP) is 1.30. The van der Waals surface area contributed by atoms with Crippen molar-refractivity contribution in [2.45, 2.75) is 50.3 Å². The van der Waals surface area contributed by atoms with E-state index in [9.17, 15) is 19.5 Å². The zero-order valence-corrected chi connectivity index (χ0v) is 16.4. The molecule has 1 amide bonds. The van der Waals surface area contributed by atoms with Crippen LogP contribution in [0.1, 0.15) is 32.8 Å². The van der Waals surface area contributed by atoms with Crippen molar-refractivity contribution in [3.8, 4) is 0 Å². The number of methoxy groups -OCH3 is 1. The van der Waals surface area contributed by atoms with Crippen LogP contribution in [0.5, 0.6) is 0 Å². The van der Waals surface area contributed by atoms with Gasteiger partial charge in [-0.15, -0.1) is 0 Å². The van der Waals surface area contributed by atoms with Crippen molar-refractivity contribution in [3.05, 3.63) is 29.8 Å². The van der Waals surface area contributed by atoms with Crippen molar-refractivity contribution < 1.29 is 29.0 Å². The molecule has 1 aromatic carbocycles. The molecule has 2 aliphatic heterocycles. The van der Waals surface area contributed by atoms with Crippen LogP contribution in [0, 0.1) is 5.92 Å². The molecule has 0 saturated carbocycles. The van der Waals surface area contributed by atoms with Gasteiger partial charge in [-0.05, 0) is 38.8 Å². The SMILES string of the molecule is CCOC(=O)[C@H]1[C@H](C(=O)O)N[C@@H](CC(C)(C)OC)[C@]12C(=O)Nc1ccccc12. The van der Waals surface area contributed by atoms with E-state index in [1.807, 2.05) is 13.8 Å². The Kier molecular flexibility index (Phi) is 5.20. The summed E-state index contributed by atoms with van der Waals surface area (Å²) in [4.78, 5) is 38.3. The van der Waals surface area contributed by atoms with E-state index < -0.39 is 46.9 Å². The van der Waals surface area contributed by atoms with Gasteiger partial charge in [0.1, 0.15) is 17.4 Å². The third-order valence-corrected chi connectivity index (χ3v) is 5.81. The second-order valence-electron chi connectivity index (χ2n) is 7.80. The normalized spacial score (nSPS) is 28.9. The number of esters is 1. The summed E-state index contributed by atoms with van der Waals surface area (Å²) in [6, 6.07) is 5.17. The van der Waals surface area contributed by atoms with E-state index in [2.05, 4.69) is 10.6 Å². The first-order valence-electron chi connectivity index (χ1n) is 9.30. The number of rotatable bonds is 6. The molecule has 28 heavy (non-hydrogen) atoms. The molecule has 0 radical (unpaired) electrons.